The molecule has 0 saturated heterocycles. The Balaban J connectivity index is 1.28. The van der Waals surface area contributed by atoms with Crippen molar-refractivity contribution in [3.05, 3.63) is 181 Å². The van der Waals surface area contributed by atoms with Crippen LogP contribution >= 0.6 is 0 Å². The number of benzene rings is 6. The number of anilines is 5. The Morgan fingerprint density at radius 2 is 1.27 bits per heavy atom. The van der Waals surface area contributed by atoms with E-state index >= 15 is 0 Å². The molecule has 0 bridgehead atoms. The van der Waals surface area contributed by atoms with Gasteiger partial charge in [0.05, 0.1) is 0 Å². The Hall–Kier alpha value is -5.34. The van der Waals surface area contributed by atoms with E-state index in [1.165, 1.54) is 38.7 Å². The summed E-state index contributed by atoms with van der Waals surface area (Å²) in [5, 5.41) is 2.50. The van der Waals surface area contributed by atoms with Gasteiger partial charge in [0.1, 0.15) is 0 Å². The molecule has 0 N–H and O–H groups in total. The van der Waals surface area contributed by atoms with Crippen molar-refractivity contribution in [1.29, 1.82) is 0 Å². The van der Waals surface area contributed by atoms with Gasteiger partial charge in [-0.1, -0.05) is 116 Å². The van der Waals surface area contributed by atoms with Crippen LogP contribution in [0, 0.1) is 5.92 Å². The molecule has 6 aromatic rings. The van der Waals surface area contributed by atoms with Crippen LogP contribution in [0.1, 0.15) is 30.0 Å². The fourth-order valence-corrected chi connectivity index (χ4v) is 6.41. The second kappa shape index (κ2) is 12.7. The lowest BCUT2D eigenvalue weighted by atomic mass is 9.93. The van der Waals surface area contributed by atoms with Crippen LogP contribution in [0.3, 0.4) is 0 Å². The molecule has 220 valence electrons. The average Bonchev–Trinajstić information content (AvgIpc) is 3.09. The van der Waals surface area contributed by atoms with E-state index in [1.54, 1.807) is 0 Å². The Morgan fingerprint density at radius 3 is 2.09 bits per heavy atom. The van der Waals surface area contributed by atoms with Gasteiger partial charge in [-0.15, -0.1) is 0 Å². The highest BCUT2D eigenvalue weighted by Crippen LogP contribution is 2.39. The first-order valence-corrected chi connectivity index (χ1v) is 15.9. The molecule has 0 radical (unpaired) electrons. The summed E-state index contributed by atoms with van der Waals surface area (Å²) in [5.74, 6) is 0.547. The monoisotopic (exact) mass is 582 g/mol. The summed E-state index contributed by atoms with van der Waals surface area (Å²) in [6.45, 7) is 2.29. The summed E-state index contributed by atoms with van der Waals surface area (Å²) in [4.78, 5) is 4.66. The summed E-state index contributed by atoms with van der Waals surface area (Å²) in [5.41, 5.74) is 10.9. The van der Waals surface area contributed by atoms with E-state index < -0.39 is 0 Å². The van der Waals surface area contributed by atoms with Gasteiger partial charge >= 0.3 is 0 Å². The van der Waals surface area contributed by atoms with Gasteiger partial charge < -0.3 is 9.80 Å². The molecule has 7 rings (SSSR count). The Labute approximate surface area is 267 Å². The van der Waals surface area contributed by atoms with Gasteiger partial charge in [-0.3, -0.25) is 0 Å². The highest BCUT2D eigenvalue weighted by atomic mass is 15.1. The fraction of sp³-hybridized carbons (Fsp3) is 0.116. The summed E-state index contributed by atoms with van der Waals surface area (Å²) in [6.07, 6.45) is 8.95. The van der Waals surface area contributed by atoms with Crippen LogP contribution in [-0.4, -0.2) is 7.05 Å². The van der Waals surface area contributed by atoms with E-state index in [4.69, 9.17) is 0 Å². The zero-order valence-corrected chi connectivity index (χ0v) is 26.0. The van der Waals surface area contributed by atoms with Gasteiger partial charge in [0.15, 0.2) is 0 Å². The Morgan fingerprint density at radius 1 is 0.600 bits per heavy atom. The molecule has 1 atom stereocenters. The quantitative estimate of drug-likeness (QED) is 0.176. The number of hydrogen-bond acceptors (Lipinski definition) is 2. The summed E-state index contributed by atoms with van der Waals surface area (Å²) < 4.78 is 0. The molecular formula is C43H38N2. The third-order valence-corrected chi connectivity index (χ3v) is 8.75. The van der Waals surface area contributed by atoms with E-state index in [0.29, 0.717) is 5.92 Å². The molecule has 1 aliphatic carbocycles. The number of allylic oxidation sites excluding steroid dienone is 4. The minimum absolute atomic E-state index is 0.547. The maximum absolute atomic E-state index is 2.39. The summed E-state index contributed by atoms with van der Waals surface area (Å²) >= 11 is 0. The molecule has 1 unspecified atom stereocenters. The molecular weight excluding hydrogens is 544 g/mol. The van der Waals surface area contributed by atoms with E-state index in [0.717, 1.165) is 35.6 Å². The largest absolute Gasteiger partial charge is 0.344 e. The van der Waals surface area contributed by atoms with Crippen molar-refractivity contribution in [3.8, 4) is 0 Å². The van der Waals surface area contributed by atoms with E-state index in [9.17, 15) is 0 Å². The zero-order valence-electron chi connectivity index (χ0n) is 26.0. The molecule has 0 heterocycles. The summed E-state index contributed by atoms with van der Waals surface area (Å²) in [7, 11) is 2.15. The molecule has 2 heteroatoms. The topological polar surface area (TPSA) is 6.48 Å². The van der Waals surface area contributed by atoms with Crippen LogP contribution in [0.5, 0.6) is 0 Å². The second-order valence-electron chi connectivity index (χ2n) is 12.0. The van der Waals surface area contributed by atoms with Crippen molar-refractivity contribution in [2.75, 3.05) is 16.8 Å². The van der Waals surface area contributed by atoms with E-state index in [-0.39, 0.29) is 0 Å². The minimum atomic E-state index is 0.547. The van der Waals surface area contributed by atoms with Crippen molar-refractivity contribution in [2.24, 2.45) is 5.92 Å². The highest BCUT2D eigenvalue weighted by Gasteiger charge is 2.16. The molecule has 0 aromatic heterocycles. The summed E-state index contributed by atoms with van der Waals surface area (Å²) in [6, 6.07) is 52.7. The lowest BCUT2D eigenvalue weighted by Crippen LogP contribution is -2.12. The number of nitrogens with zero attached hydrogens (tertiary/aromatic N) is 2. The van der Waals surface area contributed by atoms with Gasteiger partial charge in [-0.25, -0.2) is 0 Å². The van der Waals surface area contributed by atoms with Crippen LogP contribution in [0.15, 0.2) is 164 Å². The lowest BCUT2D eigenvalue weighted by molar-refractivity contribution is 0.740. The van der Waals surface area contributed by atoms with Crippen LogP contribution in [0.25, 0.3) is 16.3 Å². The first kappa shape index (κ1) is 28.4. The molecule has 1 aliphatic rings. The smallest absolute Gasteiger partial charge is 0.0487 e. The third-order valence-electron chi connectivity index (χ3n) is 8.75. The fourth-order valence-electron chi connectivity index (χ4n) is 6.41. The molecule has 2 nitrogen and oxygen atoms in total. The van der Waals surface area contributed by atoms with Gasteiger partial charge in [0.25, 0.3) is 0 Å². The standard InChI is InChI=1S/C43H38N2/c1-32-12-8-18-36(28-32)37-19-10-21-41(31-37)45(40-20-9-15-34(30-40)29-33-13-4-3-5-14-33)39-26-24-38(25-27-39)44(2)43-23-11-17-35-16-6-7-22-42(35)43/h3-11,13-28,30-32H,12,29H2,1-2H3. The average molecular weight is 583 g/mol. The Bertz CT molecular complexity index is 1980. The van der Waals surface area contributed by atoms with E-state index in [2.05, 4.69) is 188 Å². The number of rotatable bonds is 8. The number of hydrogen-bond donors (Lipinski definition) is 0. The van der Waals surface area contributed by atoms with Gasteiger partial charge in [0.2, 0.25) is 0 Å². The zero-order chi connectivity index (χ0) is 30.6. The molecule has 0 saturated carbocycles. The molecule has 0 amide bonds. The SMILES string of the molecule is CC1C=C(c2cccc(N(c3ccc(N(C)c4cccc5ccccc45)cc3)c3cccc(Cc4ccccc4)c3)c2)C=CC1. The normalized spacial score (nSPS) is 14.3. The second-order valence-corrected chi connectivity index (χ2v) is 12.0. The Kier molecular flexibility index (Phi) is 8.04. The number of fused-ring (bicyclic) bond motifs is 1. The molecule has 0 spiro atoms. The van der Waals surface area contributed by atoms with Gasteiger partial charge in [0, 0.05) is 40.9 Å². The predicted octanol–water partition coefficient (Wildman–Crippen LogP) is 11.6. The van der Waals surface area contributed by atoms with Crippen LogP contribution in [0.2, 0.25) is 0 Å². The van der Waals surface area contributed by atoms with Crippen molar-refractivity contribution < 1.29 is 0 Å². The first-order chi connectivity index (χ1) is 22.1. The van der Waals surface area contributed by atoms with Crippen LogP contribution in [0.4, 0.5) is 28.4 Å². The van der Waals surface area contributed by atoms with Gasteiger partial charge in [-0.2, -0.15) is 0 Å². The highest BCUT2D eigenvalue weighted by molar-refractivity contribution is 5.96. The predicted molar refractivity (Wildman–Crippen MR) is 193 cm³/mol. The van der Waals surface area contributed by atoms with Crippen molar-refractivity contribution in [1.82, 2.24) is 0 Å². The lowest BCUT2D eigenvalue weighted by Gasteiger charge is -2.28. The van der Waals surface area contributed by atoms with Crippen molar-refractivity contribution in [2.45, 2.75) is 19.8 Å². The maximum atomic E-state index is 2.39. The molecule has 0 aliphatic heterocycles. The first-order valence-electron chi connectivity index (χ1n) is 15.9. The molecule has 6 aromatic carbocycles. The maximum Gasteiger partial charge on any atom is 0.0487 e. The van der Waals surface area contributed by atoms with Crippen LogP contribution in [-0.2, 0) is 6.42 Å². The minimum Gasteiger partial charge on any atom is -0.344 e. The molecule has 45 heavy (non-hydrogen) atoms. The van der Waals surface area contributed by atoms with Crippen molar-refractivity contribution >= 4 is 44.8 Å². The van der Waals surface area contributed by atoms with Crippen molar-refractivity contribution in [3.63, 3.8) is 0 Å². The molecule has 0 fully saturated rings. The third kappa shape index (κ3) is 6.18. The van der Waals surface area contributed by atoms with Gasteiger partial charge in [-0.05, 0) is 101 Å². The van der Waals surface area contributed by atoms with E-state index in [1.807, 2.05) is 0 Å². The van der Waals surface area contributed by atoms with Crippen LogP contribution < -0.4 is 9.80 Å².